The SMILES string of the molecule is CSCCC(NC(=O)C(CC(=O)O)NC(=O)C(Cc1ccc(O)cc1)NC(=O)C(N)CO)C(=O)O. The summed E-state index contributed by atoms with van der Waals surface area (Å²) < 4.78 is 0. The van der Waals surface area contributed by atoms with E-state index in [1.54, 1.807) is 6.26 Å². The third kappa shape index (κ3) is 10.6. The highest BCUT2D eigenvalue weighted by Gasteiger charge is 2.31. The zero-order chi connectivity index (χ0) is 26.5. The second-order valence-electron chi connectivity index (χ2n) is 7.56. The number of benzene rings is 1. The largest absolute Gasteiger partial charge is 0.508 e. The number of carboxylic acids is 2. The van der Waals surface area contributed by atoms with E-state index in [0.29, 0.717) is 11.3 Å². The molecular formula is C21H30N4O9S. The zero-order valence-corrected chi connectivity index (χ0v) is 19.8. The number of phenols is 1. The quantitative estimate of drug-likeness (QED) is 0.128. The minimum atomic E-state index is -1.64. The van der Waals surface area contributed by atoms with Crippen LogP contribution in [0.25, 0.3) is 0 Å². The van der Waals surface area contributed by atoms with Gasteiger partial charge in [-0.15, -0.1) is 0 Å². The summed E-state index contributed by atoms with van der Waals surface area (Å²) in [5.41, 5.74) is 5.99. The van der Waals surface area contributed by atoms with E-state index in [2.05, 4.69) is 16.0 Å². The molecule has 0 aromatic heterocycles. The Hall–Kier alpha value is -3.36. The molecule has 4 unspecified atom stereocenters. The van der Waals surface area contributed by atoms with Crippen LogP contribution in [-0.2, 0) is 30.4 Å². The first-order chi connectivity index (χ1) is 16.5. The second kappa shape index (κ2) is 14.8. The topological polar surface area (TPSA) is 228 Å². The fourth-order valence-corrected chi connectivity index (χ4v) is 3.33. The summed E-state index contributed by atoms with van der Waals surface area (Å²) in [6, 6.07) is 0.0767. The van der Waals surface area contributed by atoms with Crippen molar-refractivity contribution in [3.63, 3.8) is 0 Å². The summed E-state index contributed by atoms with van der Waals surface area (Å²) in [4.78, 5) is 60.6. The molecule has 14 heteroatoms. The first-order valence-electron chi connectivity index (χ1n) is 10.5. The van der Waals surface area contributed by atoms with Crippen LogP contribution in [-0.4, -0.2) is 92.9 Å². The number of aliphatic hydroxyl groups excluding tert-OH is 1. The monoisotopic (exact) mass is 514 g/mol. The molecule has 0 radical (unpaired) electrons. The number of aliphatic carboxylic acids is 2. The van der Waals surface area contributed by atoms with Gasteiger partial charge in [0, 0.05) is 6.42 Å². The Balaban J connectivity index is 3.09. The molecule has 13 nitrogen and oxygen atoms in total. The molecule has 194 valence electrons. The van der Waals surface area contributed by atoms with Crippen molar-refractivity contribution in [2.24, 2.45) is 5.73 Å². The summed E-state index contributed by atoms with van der Waals surface area (Å²) in [6.45, 7) is -0.698. The summed E-state index contributed by atoms with van der Waals surface area (Å²) in [5, 5.41) is 43.9. The Morgan fingerprint density at radius 2 is 1.46 bits per heavy atom. The number of nitrogens with one attached hydrogen (secondary N) is 3. The average molecular weight is 515 g/mol. The molecule has 0 aliphatic heterocycles. The van der Waals surface area contributed by atoms with Crippen molar-refractivity contribution >= 4 is 41.4 Å². The zero-order valence-electron chi connectivity index (χ0n) is 19.0. The van der Waals surface area contributed by atoms with Crippen molar-refractivity contribution in [1.29, 1.82) is 0 Å². The molecule has 35 heavy (non-hydrogen) atoms. The molecule has 0 saturated carbocycles. The summed E-state index contributed by atoms with van der Waals surface area (Å²) in [5.74, 6) is -5.18. The molecule has 0 aliphatic carbocycles. The number of thioether (sulfide) groups is 1. The normalized spacial score (nSPS) is 14.1. The van der Waals surface area contributed by atoms with Gasteiger partial charge in [0.15, 0.2) is 0 Å². The maximum atomic E-state index is 13.0. The van der Waals surface area contributed by atoms with Gasteiger partial charge in [0.25, 0.3) is 0 Å². The maximum absolute atomic E-state index is 13.0. The number of carbonyl (C=O) groups excluding carboxylic acids is 3. The number of hydrogen-bond acceptors (Lipinski definition) is 9. The van der Waals surface area contributed by atoms with Crippen LogP contribution in [0.3, 0.4) is 0 Å². The first kappa shape index (κ1) is 29.7. The van der Waals surface area contributed by atoms with Gasteiger partial charge in [0.1, 0.15) is 29.9 Å². The van der Waals surface area contributed by atoms with Crippen LogP contribution in [0.2, 0.25) is 0 Å². The van der Waals surface area contributed by atoms with Crippen LogP contribution in [0.1, 0.15) is 18.4 Å². The highest BCUT2D eigenvalue weighted by molar-refractivity contribution is 7.98. The van der Waals surface area contributed by atoms with E-state index in [-0.39, 0.29) is 18.6 Å². The minimum Gasteiger partial charge on any atom is -0.508 e. The van der Waals surface area contributed by atoms with E-state index in [1.807, 2.05) is 0 Å². The van der Waals surface area contributed by atoms with Gasteiger partial charge in [-0.3, -0.25) is 19.2 Å². The first-order valence-corrected chi connectivity index (χ1v) is 11.9. The molecule has 0 aliphatic rings. The summed E-state index contributed by atoms with van der Waals surface area (Å²) >= 11 is 1.36. The third-order valence-corrected chi connectivity index (χ3v) is 5.42. The Kier molecular flexibility index (Phi) is 12.6. The van der Waals surface area contributed by atoms with E-state index in [0.717, 1.165) is 0 Å². The molecule has 3 amide bonds. The Labute approximate surface area is 205 Å². The second-order valence-corrected chi connectivity index (χ2v) is 8.55. The van der Waals surface area contributed by atoms with Gasteiger partial charge < -0.3 is 42.1 Å². The van der Waals surface area contributed by atoms with Crippen LogP contribution in [0.15, 0.2) is 24.3 Å². The van der Waals surface area contributed by atoms with Gasteiger partial charge in [-0.1, -0.05) is 12.1 Å². The van der Waals surface area contributed by atoms with Gasteiger partial charge in [-0.05, 0) is 36.1 Å². The van der Waals surface area contributed by atoms with Gasteiger partial charge >= 0.3 is 11.9 Å². The van der Waals surface area contributed by atoms with Crippen LogP contribution in [0.5, 0.6) is 5.75 Å². The van der Waals surface area contributed by atoms with E-state index >= 15 is 0 Å². The average Bonchev–Trinajstić information content (AvgIpc) is 2.80. The van der Waals surface area contributed by atoms with Crippen LogP contribution >= 0.6 is 11.8 Å². The lowest BCUT2D eigenvalue weighted by Gasteiger charge is -2.24. The standard InChI is InChI=1S/C21H30N4O9S/c1-35-7-6-14(21(33)34)23-20(32)16(9-17(28)29)25-19(31)15(24-18(30)13(22)10-26)8-11-2-4-12(27)5-3-11/h2-5,13-16,26-27H,6-10,22H2,1H3,(H,23,32)(H,24,30)(H,25,31)(H,28,29)(H,33,34). The number of aromatic hydroxyl groups is 1. The molecule has 0 heterocycles. The van der Waals surface area contributed by atoms with Crippen molar-refractivity contribution in [2.75, 3.05) is 18.6 Å². The molecule has 1 rings (SSSR count). The van der Waals surface area contributed by atoms with E-state index in [9.17, 15) is 39.3 Å². The number of aliphatic hydroxyl groups is 1. The Morgan fingerprint density at radius 3 is 1.97 bits per heavy atom. The summed E-state index contributed by atoms with van der Waals surface area (Å²) in [6.07, 6.45) is 0.860. The van der Waals surface area contributed by atoms with Gasteiger partial charge in [0.05, 0.1) is 13.0 Å². The third-order valence-electron chi connectivity index (χ3n) is 4.78. The molecular weight excluding hydrogens is 484 g/mol. The summed E-state index contributed by atoms with van der Waals surface area (Å²) in [7, 11) is 0. The lowest BCUT2D eigenvalue weighted by molar-refractivity contribution is -0.143. The molecule has 1 aromatic carbocycles. The lowest BCUT2D eigenvalue weighted by Crippen LogP contribution is -2.58. The van der Waals surface area contributed by atoms with Crippen molar-refractivity contribution in [3.8, 4) is 5.75 Å². The van der Waals surface area contributed by atoms with Crippen molar-refractivity contribution < 1.29 is 44.4 Å². The molecule has 9 N–H and O–H groups in total. The number of phenolic OH excluding ortho intramolecular Hbond substituents is 1. The minimum absolute atomic E-state index is 0.0336. The number of nitrogens with two attached hydrogens (primary N) is 1. The fourth-order valence-electron chi connectivity index (χ4n) is 2.86. The van der Waals surface area contributed by atoms with E-state index in [1.165, 1.54) is 36.0 Å². The number of rotatable bonds is 15. The van der Waals surface area contributed by atoms with Crippen molar-refractivity contribution in [3.05, 3.63) is 29.8 Å². The molecule has 4 atom stereocenters. The number of hydrogen-bond donors (Lipinski definition) is 8. The van der Waals surface area contributed by atoms with Crippen LogP contribution < -0.4 is 21.7 Å². The van der Waals surface area contributed by atoms with E-state index in [4.69, 9.17) is 10.8 Å². The smallest absolute Gasteiger partial charge is 0.326 e. The molecule has 0 bridgehead atoms. The predicted octanol–water partition coefficient (Wildman–Crippen LogP) is -1.98. The van der Waals surface area contributed by atoms with Gasteiger partial charge in [0.2, 0.25) is 17.7 Å². The Morgan fingerprint density at radius 1 is 0.914 bits per heavy atom. The van der Waals surface area contributed by atoms with Crippen LogP contribution in [0, 0.1) is 0 Å². The number of carbonyl (C=O) groups is 5. The van der Waals surface area contributed by atoms with E-state index < -0.39 is 66.9 Å². The highest BCUT2D eigenvalue weighted by atomic mass is 32.2. The molecule has 1 aromatic rings. The maximum Gasteiger partial charge on any atom is 0.326 e. The van der Waals surface area contributed by atoms with Crippen LogP contribution in [0.4, 0.5) is 0 Å². The lowest BCUT2D eigenvalue weighted by atomic mass is 10.0. The Bertz CT molecular complexity index is 897. The van der Waals surface area contributed by atoms with Gasteiger partial charge in [-0.2, -0.15) is 11.8 Å². The van der Waals surface area contributed by atoms with Gasteiger partial charge in [-0.25, -0.2) is 4.79 Å². The van der Waals surface area contributed by atoms with Crippen molar-refractivity contribution in [1.82, 2.24) is 16.0 Å². The highest BCUT2D eigenvalue weighted by Crippen LogP contribution is 2.12. The molecule has 0 spiro atoms. The predicted molar refractivity (Wildman–Crippen MR) is 126 cm³/mol. The number of carboxylic acid groups (broad SMARTS) is 2. The number of amides is 3. The molecule has 0 fully saturated rings. The fraction of sp³-hybridized carbons (Fsp3) is 0.476. The van der Waals surface area contributed by atoms with Crippen molar-refractivity contribution in [2.45, 2.75) is 43.4 Å². The molecule has 0 saturated heterocycles.